The summed E-state index contributed by atoms with van der Waals surface area (Å²) in [6.45, 7) is 6.93. The maximum Gasteiger partial charge on any atom is 0.312 e. The third kappa shape index (κ3) is 1.60. The average molecular weight is 344 g/mol. The topological polar surface area (TPSA) is 52.6 Å². The summed E-state index contributed by atoms with van der Waals surface area (Å²) in [5.41, 5.74) is -0.218. The van der Waals surface area contributed by atoms with Crippen molar-refractivity contribution in [2.75, 3.05) is 13.7 Å². The molecule has 6 rings (SSSR count). The first-order chi connectivity index (χ1) is 11.9. The minimum absolute atomic E-state index is 0.0282. The molecule has 1 heterocycles. The van der Waals surface area contributed by atoms with Gasteiger partial charge in [-0.05, 0) is 61.9 Å². The van der Waals surface area contributed by atoms with Crippen molar-refractivity contribution < 1.29 is 19.1 Å². The molecule has 5 saturated carbocycles. The molecular weight excluding hydrogens is 316 g/mol. The van der Waals surface area contributed by atoms with Gasteiger partial charge in [-0.1, -0.05) is 19.9 Å². The Bertz CT molecular complexity index is 683. The lowest BCUT2D eigenvalue weighted by Crippen LogP contribution is -2.73. The van der Waals surface area contributed by atoms with Gasteiger partial charge in [-0.2, -0.15) is 0 Å². The molecule has 4 nitrogen and oxygen atoms in total. The summed E-state index contributed by atoms with van der Waals surface area (Å²) in [6.07, 6.45) is 6.52. The van der Waals surface area contributed by atoms with Crippen molar-refractivity contribution in [3.63, 3.8) is 0 Å². The first kappa shape index (κ1) is 16.0. The number of Topliss-reactive ketones (excluding diaryl/α,β-unsaturated/α-hetero) is 1. The fourth-order valence-electron chi connectivity index (χ4n) is 7.80. The van der Waals surface area contributed by atoms with Crippen LogP contribution in [0.15, 0.2) is 12.2 Å². The Hall–Kier alpha value is -1.16. The molecule has 0 amide bonds. The number of rotatable bonds is 1. The van der Waals surface area contributed by atoms with Gasteiger partial charge in [-0.25, -0.2) is 0 Å². The van der Waals surface area contributed by atoms with E-state index >= 15 is 0 Å². The molecule has 6 fully saturated rings. The highest BCUT2D eigenvalue weighted by atomic mass is 16.5. The fourth-order valence-corrected chi connectivity index (χ4v) is 7.80. The fraction of sp³-hybridized carbons (Fsp3) is 0.810. The molecule has 0 radical (unpaired) electrons. The molecule has 7 atom stereocenters. The third-order valence-electron chi connectivity index (χ3n) is 8.90. The Kier molecular flexibility index (Phi) is 3.06. The Morgan fingerprint density at radius 1 is 1.12 bits per heavy atom. The monoisotopic (exact) mass is 344 g/mol. The van der Waals surface area contributed by atoms with Crippen LogP contribution in [-0.2, 0) is 19.1 Å². The van der Waals surface area contributed by atoms with Crippen molar-refractivity contribution >= 4 is 11.8 Å². The van der Waals surface area contributed by atoms with E-state index in [1.165, 1.54) is 0 Å². The lowest BCUT2D eigenvalue weighted by atomic mass is 9.35. The number of allylic oxidation sites excluding steroid dienone is 1. The molecule has 5 aliphatic carbocycles. The van der Waals surface area contributed by atoms with Crippen LogP contribution in [0.4, 0.5) is 0 Å². The van der Waals surface area contributed by atoms with Gasteiger partial charge in [-0.3, -0.25) is 9.59 Å². The quantitative estimate of drug-likeness (QED) is 0.541. The molecule has 1 spiro atoms. The Morgan fingerprint density at radius 3 is 2.68 bits per heavy atom. The van der Waals surface area contributed by atoms with Gasteiger partial charge in [0.15, 0.2) is 5.78 Å². The first-order valence-corrected chi connectivity index (χ1v) is 9.84. The first-order valence-electron chi connectivity index (χ1n) is 9.84. The van der Waals surface area contributed by atoms with Gasteiger partial charge in [-0.15, -0.1) is 0 Å². The number of carbonyl (C=O) groups excluding carboxylic acids is 2. The van der Waals surface area contributed by atoms with Crippen molar-refractivity contribution in [2.45, 2.75) is 58.0 Å². The minimum atomic E-state index is -0.550. The van der Waals surface area contributed by atoms with E-state index in [0.717, 1.165) is 50.5 Å². The van der Waals surface area contributed by atoms with Crippen LogP contribution >= 0.6 is 0 Å². The van der Waals surface area contributed by atoms with Crippen molar-refractivity contribution in [1.29, 1.82) is 0 Å². The Balaban J connectivity index is 1.72. The molecular formula is C21H28O4. The maximum atomic E-state index is 13.4. The van der Waals surface area contributed by atoms with E-state index in [1.807, 2.05) is 0 Å². The second kappa shape index (κ2) is 4.76. The van der Waals surface area contributed by atoms with Crippen molar-refractivity contribution in [1.82, 2.24) is 0 Å². The zero-order valence-electron chi connectivity index (χ0n) is 15.3. The van der Waals surface area contributed by atoms with E-state index in [1.54, 1.807) is 7.11 Å². The van der Waals surface area contributed by atoms with Crippen LogP contribution in [0.25, 0.3) is 0 Å². The molecule has 1 aliphatic heterocycles. The molecule has 1 saturated heterocycles. The summed E-state index contributed by atoms with van der Waals surface area (Å²) < 4.78 is 11.8. The number of cyclic esters (lactones) is 1. The van der Waals surface area contributed by atoms with E-state index in [0.29, 0.717) is 6.61 Å². The largest absolute Gasteiger partial charge is 0.465 e. The highest BCUT2D eigenvalue weighted by molar-refractivity contribution is 6.03. The Morgan fingerprint density at radius 2 is 1.92 bits per heavy atom. The molecule has 0 aromatic heterocycles. The number of ketones is 1. The normalized spacial score (nSPS) is 53.9. The van der Waals surface area contributed by atoms with E-state index in [2.05, 4.69) is 13.5 Å². The predicted molar refractivity (Wildman–Crippen MR) is 91.7 cm³/mol. The van der Waals surface area contributed by atoms with E-state index in [4.69, 9.17) is 9.47 Å². The van der Waals surface area contributed by atoms with Gasteiger partial charge in [0, 0.05) is 12.5 Å². The van der Waals surface area contributed by atoms with Gasteiger partial charge in [0.2, 0.25) is 0 Å². The number of hydrogen-bond donors (Lipinski definition) is 0. The number of methoxy groups -OCH3 is 1. The highest BCUT2D eigenvalue weighted by Gasteiger charge is 2.75. The van der Waals surface area contributed by atoms with E-state index in [-0.39, 0.29) is 41.0 Å². The van der Waals surface area contributed by atoms with Crippen LogP contribution in [-0.4, -0.2) is 31.6 Å². The number of fused-ring (bicyclic) bond motifs is 2. The molecule has 4 heteroatoms. The minimum Gasteiger partial charge on any atom is -0.465 e. The van der Waals surface area contributed by atoms with Crippen LogP contribution in [0.2, 0.25) is 0 Å². The molecule has 25 heavy (non-hydrogen) atoms. The lowest BCUT2D eigenvalue weighted by molar-refractivity contribution is -0.257. The maximum absolute atomic E-state index is 13.4. The number of ether oxygens (including phenoxy) is 2. The summed E-state index contributed by atoms with van der Waals surface area (Å²) in [7, 11) is 1.74. The SMILES string of the molecule is C=C1C(=O)[C@]23CC[C@H]1CC2C12CCC[C@@](C)(COC1=O)C2C[C@H]3OC. The second-order valence-corrected chi connectivity index (χ2v) is 9.56. The summed E-state index contributed by atoms with van der Waals surface area (Å²) in [4.78, 5) is 26.6. The number of carbonyl (C=O) groups is 2. The highest BCUT2D eigenvalue weighted by Crippen LogP contribution is 2.72. The zero-order valence-corrected chi connectivity index (χ0v) is 15.3. The standard InChI is InChI=1S/C21H28O4/c1-12-13-5-8-21(17(12)22)15(9-13)20-7-4-6-19(2,11-25-18(20)23)14(20)10-16(21)24-3/h13-16H,1,4-11H2,2-3H3/t13-,14?,15?,16+,19-,20?,21+/m0/s1. The Labute approximate surface area is 149 Å². The molecule has 0 N–H and O–H groups in total. The molecule has 6 aliphatic rings. The van der Waals surface area contributed by atoms with E-state index in [9.17, 15) is 9.59 Å². The number of esters is 1. The average Bonchev–Trinajstić information content (AvgIpc) is 2.61. The summed E-state index contributed by atoms with van der Waals surface area (Å²) in [6, 6.07) is 0. The van der Waals surface area contributed by atoms with Crippen molar-refractivity contribution in [2.24, 2.45) is 34.0 Å². The molecule has 4 bridgehead atoms. The van der Waals surface area contributed by atoms with Crippen molar-refractivity contribution in [3.05, 3.63) is 12.2 Å². The van der Waals surface area contributed by atoms with Crippen LogP contribution in [0.1, 0.15) is 51.9 Å². The smallest absolute Gasteiger partial charge is 0.312 e. The third-order valence-corrected chi connectivity index (χ3v) is 8.90. The summed E-state index contributed by atoms with van der Waals surface area (Å²) in [5.74, 6) is 0.738. The number of hydrogen-bond acceptors (Lipinski definition) is 4. The lowest BCUT2D eigenvalue weighted by Gasteiger charge is -2.69. The van der Waals surface area contributed by atoms with E-state index < -0.39 is 10.8 Å². The van der Waals surface area contributed by atoms with Crippen LogP contribution in [0, 0.1) is 34.0 Å². The zero-order chi connectivity index (χ0) is 17.6. The molecule has 0 aromatic carbocycles. The van der Waals surface area contributed by atoms with Gasteiger partial charge in [0.05, 0.1) is 23.5 Å². The van der Waals surface area contributed by atoms with Crippen LogP contribution in [0.3, 0.4) is 0 Å². The molecule has 0 aromatic rings. The second-order valence-electron chi connectivity index (χ2n) is 9.56. The van der Waals surface area contributed by atoms with Gasteiger partial charge in [0.1, 0.15) is 0 Å². The van der Waals surface area contributed by atoms with Crippen LogP contribution in [0.5, 0.6) is 0 Å². The summed E-state index contributed by atoms with van der Waals surface area (Å²) in [5, 5.41) is 0. The van der Waals surface area contributed by atoms with Crippen molar-refractivity contribution in [3.8, 4) is 0 Å². The predicted octanol–water partition coefficient (Wildman–Crippen LogP) is 3.30. The molecule has 3 unspecified atom stereocenters. The van der Waals surface area contributed by atoms with Gasteiger partial charge >= 0.3 is 5.97 Å². The van der Waals surface area contributed by atoms with Gasteiger partial charge < -0.3 is 9.47 Å². The summed E-state index contributed by atoms with van der Waals surface area (Å²) >= 11 is 0. The van der Waals surface area contributed by atoms with Crippen LogP contribution < -0.4 is 0 Å². The van der Waals surface area contributed by atoms with Gasteiger partial charge in [0.25, 0.3) is 0 Å². The molecule has 136 valence electrons.